The molecule has 1 aliphatic rings. The number of alkyl halides is 3. The summed E-state index contributed by atoms with van der Waals surface area (Å²) in [6.45, 7) is 2.59. The third-order valence-electron chi connectivity index (χ3n) is 6.10. The van der Waals surface area contributed by atoms with Crippen LogP contribution in [0.1, 0.15) is 23.1 Å². The maximum atomic E-state index is 13.5. The number of nitrogens with one attached hydrogen (secondary N) is 1. The number of anilines is 1. The molecule has 2 heterocycles. The van der Waals surface area contributed by atoms with Gasteiger partial charge in [0, 0.05) is 30.8 Å². The Morgan fingerprint density at radius 1 is 1.12 bits per heavy atom. The minimum Gasteiger partial charge on any atom is -0.459 e. The molecule has 1 atom stereocenters. The Labute approximate surface area is 193 Å². The van der Waals surface area contributed by atoms with E-state index >= 15 is 0 Å². The molecule has 176 valence electrons. The van der Waals surface area contributed by atoms with Crippen LogP contribution in [0.5, 0.6) is 0 Å². The number of halogens is 3. The van der Waals surface area contributed by atoms with E-state index < -0.39 is 18.1 Å². The second-order valence-electron chi connectivity index (χ2n) is 8.18. The summed E-state index contributed by atoms with van der Waals surface area (Å²) in [7, 11) is 0. The fraction of sp³-hybridized carbons (Fsp3) is 0.280. The molecule has 1 unspecified atom stereocenters. The molecule has 5 rings (SSSR count). The van der Waals surface area contributed by atoms with Gasteiger partial charge in [0.25, 0.3) is 6.47 Å². The van der Waals surface area contributed by atoms with Gasteiger partial charge in [-0.15, -0.1) is 0 Å². The van der Waals surface area contributed by atoms with Crippen LogP contribution in [0.2, 0.25) is 0 Å². The van der Waals surface area contributed by atoms with Crippen LogP contribution in [0.25, 0.3) is 21.8 Å². The van der Waals surface area contributed by atoms with Gasteiger partial charge in [0.05, 0.1) is 24.2 Å². The van der Waals surface area contributed by atoms with E-state index in [2.05, 4.69) is 9.97 Å². The highest BCUT2D eigenvalue weighted by Gasteiger charge is 2.36. The molecular formula is C25H22F3N3O3. The van der Waals surface area contributed by atoms with Gasteiger partial charge in [-0.25, -0.2) is 4.98 Å². The number of benzene rings is 3. The number of fused-ring (bicyclic) bond motifs is 2. The lowest BCUT2D eigenvalue weighted by Crippen LogP contribution is -2.36. The molecule has 1 aromatic heterocycles. The van der Waals surface area contributed by atoms with Crippen molar-refractivity contribution in [1.82, 2.24) is 9.97 Å². The average Bonchev–Trinajstić information content (AvgIpc) is 3.29. The van der Waals surface area contributed by atoms with Crippen LogP contribution in [-0.2, 0) is 26.9 Å². The number of nitrogens with zero attached hydrogens (tertiary/aromatic N) is 2. The molecule has 6 nitrogen and oxygen atoms in total. The van der Waals surface area contributed by atoms with Gasteiger partial charge in [0.15, 0.2) is 0 Å². The molecule has 0 radical (unpaired) electrons. The molecule has 1 N–H and O–H groups in total. The molecule has 3 aromatic carbocycles. The van der Waals surface area contributed by atoms with Crippen molar-refractivity contribution >= 4 is 34.0 Å². The highest BCUT2D eigenvalue weighted by atomic mass is 19.4. The van der Waals surface area contributed by atoms with E-state index in [1.54, 1.807) is 12.1 Å². The average molecular weight is 469 g/mol. The van der Waals surface area contributed by atoms with Crippen molar-refractivity contribution in [3.8, 4) is 0 Å². The zero-order chi connectivity index (χ0) is 23.7. The predicted molar refractivity (Wildman–Crippen MR) is 122 cm³/mol. The van der Waals surface area contributed by atoms with E-state index in [0.717, 1.165) is 22.0 Å². The van der Waals surface area contributed by atoms with Crippen LogP contribution in [0.3, 0.4) is 0 Å². The topological polar surface area (TPSA) is 67.4 Å². The summed E-state index contributed by atoms with van der Waals surface area (Å²) in [4.78, 5) is 19.8. The summed E-state index contributed by atoms with van der Waals surface area (Å²) in [5.74, 6) is -1.09. The molecule has 1 saturated heterocycles. The van der Waals surface area contributed by atoms with Gasteiger partial charge in [0.1, 0.15) is 6.10 Å². The van der Waals surface area contributed by atoms with Crippen LogP contribution in [-0.4, -0.2) is 42.7 Å². The minimum atomic E-state index is -4.63. The summed E-state index contributed by atoms with van der Waals surface area (Å²) < 4.78 is 51.3. The van der Waals surface area contributed by atoms with E-state index in [4.69, 9.17) is 9.47 Å². The van der Waals surface area contributed by atoms with Gasteiger partial charge >= 0.3 is 6.18 Å². The molecule has 4 aromatic rings. The summed E-state index contributed by atoms with van der Waals surface area (Å²) in [6, 6.07) is 17.0. The fourth-order valence-electron chi connectivity index (χ4n) is 4.48. The van der Waals surface area contributed by atoms with Gasteiger partial charge in [0.2, 0.25) is 5.82 Å². The Bertz CT molecular complexity index is 1320. The number of hydrogen-bond donors (Lipinski definition) is 1. The third-order valence-corrected chi connectivity index (χ3v) is 6.10. The Morgan fingerprint density at radius 3 is 2.65 bits per heavy atom. The second kappa shape index (κ2) is 8.98. The molecule has 0 spiro atoms. The van der Waals surface area contributed by atoms with Crippen LogP contribution in [0.15, 0.2) is 54.6 Å². The zero-order valence-corrected chi connectivity index (χ0v) is 18.1. The Kier molecular flexibility index (Phi) is 5.87. The first kappa shape index (κ1) is 22.2. The fourth-order valence-corrected chi connectivity index (χ4v) is 4.48. The van der Waals surface area contributed by atoms with E-state index in [9.17, 15) is 18.0 Å². The molecular weight excluding hydrogens is 447 g/mol. The SMILES string of the molecule is O=COC(Cc1cccc2ccccc12)c1cc(N2CCOCC2)cc2[nH]c(C(F)(F)F)nc12. The van der Waals surface area contributed by atoms with E-state index in [1.165, 1.54) is 0 Å². The number of hydrogen-bond acceptors (Lipinski definition) is 5. The van der Waals surface area contributed by atoms with Crippen molar-refractivity contribution < 1.29 is 27.4 Å². The van der Waals surface area contributed by atoms with Gasteiger partial charge in [-0.2, -0.15) is 13.2 Å². The van der Waals surface area contributed by atoms with Gasteiger partial charge in [-0.1, -0.05) is 42.5 Å². The molecule has 0 amide bonds. The monoisotopic (exact) mass is 469 g/mol. The molecule has 9 heteroatoms. The normalized spacial score (nSPS) is 15.6. The Hall–Kier alpha value is -3.59. The van der Waals surface area contributed by atoms with E-state index in [1.807, 2.05) is 47.4 Å². The first-order valence-corrected chi connectivity index (χ1v) is 10.9. The molecule has 34 heavy (non-hydrogen) atoms. The van der Waals surface area contributed by atoms with Crippen molar-refractivity contribution in [2.24, 2.45) is 0 Å². The van der Waals surface area contributed by atoms with E-state index in [0.29, 0.717) is 38.3 Å². The summed E-state index contributed by atoms with van der Waals surface area (Å²) >= 11 is 0. The summed E-state index contributed by atoms with van der Waals surface area (Å²) in [5.41, 5.74) is 2.44. The lowest BCUT2D eigenvalue weighted by atomic mass is 9.95. The first-order valence-electron chi connectivity index (χ1n) is 10.9. The Balaban J connectivity index is 1.64. The maximum absolute atomic E-state index is 13.5. The minimum absolute atomic E-state index is 0.136. The summed E-state index contributed by atoms with van der Waals surface area (Å²) in [6.07, 6.45) is -5.17. The number of aromatic nitrogens is 2. The van der Waals surface area contributed by atoms with Crippen molar-refractivity contribution in [3.05, 3.63) is 71.5 Å². The van der Waals surface area contributed by atoms with Crippen molar-refractivity contribution in [2.75, 3.05) is 31.2 Å². The lowest BCUT2D eigenvalue weighted by Gasteiger charge is -2.30. The third kappa shape index (κ3) is 4.31. The number of carbonyl (C=O) groups is 1. The first-order chi connectivity index (χ1) is 16.4. The van der Waals surface area contributed by atoms with Crippen LogP contribution in [0.4, 0.5) is 18.9 Å². The van der Waals surface area contributed by atoms with Crippen LogP contribution < -0.4 is 4.90 Å². The highest BCUT2D eigenvalue weighted by Crippen LogP contribution is 2.36. The van der Waals surface area contributed by atoms with Gasteiger partial charge in [-0.3, -0.25) is 4.79 Å². The standard InChI is InChI=1S/C25H22F3N3O3/c26-25(27,28)24-29-21-14-18(31-8-10-33-11-9-31)13-20(23(21)30-24)22(34-15-32)12-17-6-3-5-16-4-1-2-7-19(16)17/h1-7,13-15,22H,8-12H2,(H,29,30). The quantitative estimate of drug-likeness (QED) is 0.402. The van der Waals surface area contributed by atoms with Crippen molar-refractivity contribution in [1.29, 1.82) is 0 Å². The summed E-state index contributed by atoms with van der Waals surface area (Å²) in [5, 5.41) is 2.01. The highest BCUT2D eigenvalue weighted by molar-refractivity contribution is 5.87. The van der Waals surface area contributed by atoms with Crippen LogP contribution >= 0.6 is 0 Å². The largest absolute Gasteiger partial charge is 0.459 e. The molecule has 0 aliphatic carbocycles. The second-order valence-corrected chi connectivity index (χ2v) is 8.18. The van der Waals surface area contributed by atoms with Gasteiger partial charge < -0.3 is 19.4 Å². The number of ether oxygens (including phenoxy) is 2. The maximum Gasteiger partial charge on any atom is 0.449 e. The molecule has 1 fully saturated rings. The predicted octanol–water partition coefficient (Wildman–Crippen LogP) is 5.03. The number of H-pyrrole nitrogens is 1. The van der Waals surface area contributed by atoms with Crippen molar-refractivity contribution in [3.63, 3.8) is 0 Å². The van der Waals surface area contributed by atoms with Crippen LogP contribution in [0, 0.1) is 0 Å². The molecule has 0 saturated carbocycles. The molecule has 0 bridgehead atoms. The number of morpholine rings is 1. The van der Waals surface area contributed by atoms with E-state index in [-0.39, 0.29) is 17.5 Å². The zero-order valence-electron chi connectivity index (χ0n) is 18.1. The van der Waals surface area contributed by atoms with Crippen molar-refractivity contribution in [2.45, 2.75) is 18.7 Å². The Morgan fingerprint density at radius 2 is 1.88 bits per heavy atom. The number of carbonyl (C=O) groups excluding carboxylic acids is 1. The van der Waals surface area contributed by atoms with Gasteiger partial charge in [-0.05, 0) is 28.5 Å². The number of aromatic amines is 1. The lowest BCUT2D eigenvalue weighted by molar-refractivity contribution is -0.144. The smallest absolute Gasteiger partial charge is 0.449 e. The number of imidazole rings is 1. The number of rotatable bonds is 6. The molecule has 1 aliphatic heterocycles.